The van der Waals surface area contributed by atoms with Crippen molar-refractivity contribution in [2.45, 2.75) is 41.7 Å². The summed E-state index contributed by atoms with van der Waals surface area (Å²) in [6.07, 6.45) is 6.29. The van der Waals surface area contributed by atoms with Gasteiger partial charge in [0.05, 0.1) is 6.61 Å². The monoisotopic (exact) mass is 244 g/mol. The fourth-order valence-corrected chi connectivity index (χ4v) is 3.90. The number of ether oxygens (including phenoxy) is 1. The lowest BCUT2D eigenvalue weighted by Gasteiger charge is -2.03. The topological polar surface area (TPSA) is 35.0 Å². The van der Waals surface area contributed by atoms with Gasteiger partial charge in [0.25, 0.3) is 0 Å². The molecule has 3 nitrogen and oxygen atoms in total. The van der Waals surface area contributed by atoms with Crippen LogP contribution in [0.25, 0.3) is 0 Å². The summed E-state index contributed by atoms with van der Waals surface area (Å²) < 4.78 is 10.5. The van der Waals surface area contributed by atoms with Crippen molar-refractivity contribution in [1.29, 1.82) is 0 Å². The molecule has 0 bridgehead atoms. The van der Waals surface area contributed by atoms with Gasteiger partial charge < -0.3 is 4.74 Å². The van der Waals surface area contributed by atoms with Crippen molar-refractivity contribution in [2.24, 2.45) is 0 Å². The Morgan fingerprint density at radius 2 is 2.27 bits per heavy atom. The number of thioether (sulfide) groups is 1. The Bertz CT molecular complexity index is 297. The highest BCUT2D eigenvalue weighted by Crippen LogP contribution is 2.35. The number of nitrogens with zero attached hydrogens (tertiary/aromatic N) is 2. The highest BCUT2D eigenvalue weighted by molar-refractivity contribution is 8.01. The summed E-state index contributed by atoms with van der Waals surface area (Å²) in [6, 6.07) is 0. The molecule has 1 aliphatic carbocycles. The molecule has 0 spiro atoms. The van der Waals surface area contributed by atoms with Crippen LogP contribution in [0.3, 0.4) is 0 Å². The molecule has 5 heteroatoms. The summed E-state index contributed by atoms with van der Waals surface area (Å²) >= 11 is 3.44. The molecule has 0 unspecified atom stereocenters. The Hall–Kier alpha value is -0.130. The second-order valence-corrected chi connectivity index (χ2v) is 6.04. The fourth-order valence-electron chi connectivity index (χ4n) is 1.73. The molecule has 1 aliphatic rings. The van der Waals surface area contributed by atoms with Crippen LogP contribution >= 0.6 is 23.3 Å². The lowest BCUT2D eigenvalue weighted by molar-refractivity contribution is 0.200. The average Bonchev–Trinajstić information content (AvgIpc) is 2.87. The van der Waals surface area contributed by atoms with Gasteiger partial charge in [-0.3, -0.25) is 0 Å². The van der Waals surface area contributed by atoms with E-state index in [0.717, 1.165) is 21.8 Å². The Kier molecular flexibility index (Phi) is 4.41. The first-order valence-electron chi connectivity index (χ1n) is 5.36. The summed E-state index contributed by atoms with van der Waals surface area (Å²) in [6.45, 7) is 0.713. The van der Waals surface area contributed by atoms with Crippen molar-refractivity contribution >= 4 is 23.3 Å². The third kappa shape index (κ3) is 3.43. The van der Waals surface area contributed by atoms with Gasteiger partial charge >= 0.3 is 0 Å². The van der Waals surface area contributed by atoms with E-state index < -0.39 is 0 Å². The van der Waals surface area contributed by atoms with Crippen LogP contribution in [-0.4, -0.2) is 28.3 Å². The van der Waals surface area contributed by atoms with Gasteiger partial charge in [0, 0.05) is 18.8 Å². The first-order chi connectivity index (χ1) is 7.38. The lowest BCUT2D eigenvalue weighted by Crippen LogP contribution is -1.96. The second-order valence-electron chi connectivity index (χ2n) is 3.74. The van der Waals surface area contributed by atoms with Crippen LogP contribution in [0.4, 0.5) is 0 Å². The van der Waals surface area contributed by atoms with Crippen LogP contribution in [0.5, 0.6) is 0 Å². The summed E-state index contributed by atoms with van der Waals surface area (Å²) in [4.78, 5) is 4.50. The van der Waals surface area contributed by atoms with E-state index in [9.17, 15) is 0 Å². The van der Waals surface area contributed by atoms with E-state index >= 15 is 0 Å². The predicted octanol–water partition coefficient (Wildman–Crippen LogP) is 2.76. The van der Waals surface area contributed by atoms with Crippen LogP contribution in [0.15, 0.2) is 4.34 Å². The number of hydrogen-bond donors (Lipinski definition) is 0. The summed E-state index contributed by atoms with van der Waals surface area (Å²) in [5, 5.41) is 0.785. The molecule has 0 amide bonds. The van der Waals surface area contributed by atoms with Gasteiger partial charge in [0.1, 0.15) is 5.82 Å². The van der Waals surface area contributed by atoms with Crippen LogP contribution in [0.2, 0.25) is 0 Å². The fraction of sp³-hybridized carbons (Fsp3) is 0.800. The van der Waals surface area contributed by atoms with Gasteiger partial charge in [-0.05, 0) is 24.4 Å². The molecule has 1 fully saturated rings. The smallest absolute Gasteiger partial charge is 0.170 e. The Morgan fingerprint density at radius 3 is 3.00 bits per heavy atom. The van der Waals surface area contributed by atoms with E-state index in [2.05, 4.69) is 9.36 Å². The van der Waals surface area contributed by atoms with Crippen molar-refractivity contribution in [2.75, 3.05) is 13.7 Å². The van der Waals surface area contributed by atoms with Crippen LogP contribution in [0, 0.1) is 0 Å². The molecular formula is C10H16N2OS2. The largest absolute Gasteiger partial charge is 0.384 e. The zero-order chi connectivity index (χ0) is 10.5. The van der Waals surface area contributed by atoms with Gasteiger partial charge in [0.15, 0.2) is 4.34 Å². The molecule has 0 aliphatic heterocycles. The van der Waals surface area contributed by atoms with Gasteiger partial charge in [0.2, 0.25) is 0 Å². The zero-order valence-electron chi connectivity index (χ0n) is 8.94. The molecule has 0 saturated heterocycles. The molecule has 0 atom stereocenters. The van der Waals surface area contributed by atoms with Gasteiger partial charge in [-0.25, -0.2) is 4.98 Å². The Morgan fingerprint density at radius 1 is 1.47 bits per heavy atom. The number of methoxy groups -OCH3 is 1. The average molecular weight is 244 g/mol. The molecule has 84 valence electrons. The number of rotatable bonds is 5. The second kappa shape index (κ2) is 5.82. The number of aromatic nitrogens is 2. The van der Waals surface area contributed by atoms with Gasteiger partial charge in [-0.1, -0.05) is 24.6 Å². The van der Waals surface area contributed by atoms with Crippen LogP contribution in [0.1, 0.15) is 31.5 Å². The third-order valence-electron chi connectivity index (χ3n) is 2.55. The van der Waals surface area contributed by atoms with E-state index in [4.69, 9.17) is 4.74 Å². The minimum absolute atomic E-state index is 0.713. The SMILES string of the molecule is COCCc1nsc(SC2CCCC2)n1. The molecule has 1 heterocycles. The molecule has 1 aromatic rings. The summed E-state index contributed by atoms with van der Waals surface area (Å²) in [5.41, 5.74) is 0. The minimum Gasteiger partial charge on any atom is -0.384 e. The third-order valence-corrected chi connectivity index (χ3v) is 4.71. The maximum absolute atomic E-state index is 5.01. The first-order valence-corrected chi connectivity index (χ1v) is 7.02. The van der Waals surface area contributed by atoms with Crippen LogP contribution < -0.4 is 0 Å². The minimum atomic E-state index is 0.713. The predicted molar refractivity (Wildman–Crippen MR) is 63.6 cm³/mol. The molecule has 0 aromatic carbocycles. The van der Waals surface area contributed by atoms with Crippen LogP contribution in [-0.2, 0) is 11.2 Å². The van der Waals surface area contributed by atoms with Crippen molar-refractivity contribution in [3.8, 4) is 0 Å². The lowest BCUT2D eigenvalue weighted by atomic mass is 10.4. The Labute approximate surface area is 98.8 Å². The van der Waals surface area contributed by atoms with E-state index in [-0.39, 0.29) is 0 Å². The Balaban J connectivity index is 1.83. The van der Waals surface area contributed by atoms with E-state index in [0.29, 0.717) is 6.61 Å². The van der Waals surface area contributed by atoms with E-state index in [1.54, 1.807) is 7.11 Å². The summed E-state index contributed by atoms with van der Waals surface area (Å²) in [5.74, 6) is 0.933. The molecule has 0 radical (unpaired) electrons. The molecular weight excluding hydrogens is 228 g/mol. The maximum atomic E-state index is 5.01. The van der Waals surface area contributed by atoms with E-state index in [1.165, 1.54) is 37.2 Å². The van der Waals surface area contributed by atoms with Gasteiger partial charge in [-0.15, -0.1) is 0 Å². The zero-order valence-corrected chi connectivity index (χ0v) is 10.6. The number of hydrogen-bond acceptors (Lipinski definition) is 5. The highest BCUT2D eigenvalue weighted by Gasteiger charge is 2.18. The van der Waals surface area contributed by atoms with E-state index in [1.807, 2.05) is 11.8 Å². The molecule has 2 rings (SSSR count). The molecule has 0 N–H and O–H groups in total. The molecule has 1 aromatic heterocycles. The van der Waals surface area contributed by atoms with Crippen molar-refractivity contribution < 1.29 is 4.74 Å². The summed E-state index contributed by atoms with van der Waals surface area (Å²) in [7, 11) is 1.71. The highest BCUT2D eigenvalue weighted by atomic mass is 32.2. The quantitative estimate of drug-likeness (QED) is 0.798. The van der Waals surface area contributed by atoms with Crippen molar-refractivity contribution in [3.05, 3.63) is 5.82 Å². The molecule has 1 saturated carbocycles. The van der Waals surface area contributed by atoms with Crippen molar-refractivity contribution in [1.82, 2.24) is 9.36 Å². The normalized spacial score (nSPS) is 17.4. The first kappa shape index (κ1) is 11.4. The van der Waals surface area contributed by atoms with Gasteiger partial charge in [-0.2, -0.15) is 4.37 Å². The standard InChI is InChI=1S/C10H16N2OS2/c1-13-7-6-9-11-10(15-12-9)14-8-4-2-3-5-8/h8H,2-7H2,1H3. The molecule has 15 heavy (non-hydrogen) atoms. The van der Waals surface area contributed by atoms with Crippen molar-refractivity contribution in [3.63, 3.8) is 0 Å². The maximum Gasteiger partial charge on any atom is 0.170 e.